The second-order valence-corrected chi connectivity index (χ2v) is 7.89. The van der Waals surface area contributed by atoms with E-state index in [-0.39, 0.29) is 6.79 Å². The summed E-state index contributed by atoms with van der Waals surface area (Å²) in [6.07, 6.45) is 1.64. The van der Waals surface area contributed by atoms with Gasteiger partial charge in [0.05, 0.1) is 6.33 Å². The van der Waals surface area contributed by atoms with Gasteiger partial charge in [0.1, 0.15) is 5.52 Å². The van der Waals surface area contributed by atoms with Crippen molar-refractivity contribution >= 4 is 22.9 Å². The number of hydrogen-bond acceptors (Lipinski definition) is 8. The molecule has 9 heteroatoms. The zero-order chi connectivity index (χ0) is 21.1. The fraction of sp³-hybridized carbons (Fsp3) is 0.476. The fourth-order valence-corrected chi connectivity index (χ4v) is 3.69. The summed E-state index contributed by atoms with van der Waals surface area (Å²) in [5, 5.41) is 6.73. The van der Waals surface area contributed by atoms with Gasteiger partial charge in [0.25, 0.3) is 0 Å². The summed E-state index contributed by atoms with van der Waals surface area (Å²) in [5.74, 6) is 2.81. The molecule has 0 saturated heterocycles. The Balaban J connectivity index is 1.44. The second kappa shape index (κ2) is 8.74. The zero-order valence-electron chi connectivity index (χ0n) is 17.9. The van der Waals surface area contributed by atoms with E-state index in [0.717, 1.165) is 41.5 Å². The van der Waals surface area contributed by atoms with Crippen LogP contribution in [0.2, 0.25) is 0 Å². The van der Waals surface area contributed by atoms with Crippen molar-refractivity contribution in [2.24, 2.45) is 0 Å². The second-order valence-electron chi connectivity index (χ2n) is 7.89. The van der Waals surface area contributed by atoms with Crippen LogP contribution in [0.3, 0.4) is 0 Å². The summed E-state index contributed by atoms with van der Waals surface area (Å²) in [4.78, 5) is 19.1. The molecule has 4 rings (SSSR count). The number of imidazole rings is 1. The van der Waals surface area contributed by atoms with Crippen LogP contribution in [0.15, 0.2) is 24.5 Å². The summed E-state index contributed by atoms with van der Waals surface area (Å²) < 4.78 is 10.8. The van der Waals surface area contributed by atoms with E-state index in [1.54, 1.807) is 6.33 Å². The average molecular weight is 412 g/mol. The van der Waals surface area contributed by atoms with E-state index in [2.05, 4.69) is 63.2 Å². The van der Waals surface area contributed by atoms with Crippen LogP contribution >= 0.6 is 0 Å². The van der Waals surface area contributed by atoms with Gasteiger partial charge in [-0.3, -0.25) is 4.90 Å². The van der Waals surface area contributed by atoms with Gasteiger partial charge in [-0.05, 0) is 45.4 Å². The Morgan fingerprint density at radius 2 is 1.87 bits per heavy atom. The first-order chi connectivity index (χ1) is 14.5. The van der Waals surface area contributed by atoms with Gasteiger partial charge >= 0.3 is 0 Å². The van der Waals surface area contributed by atoms with Gasteiger partial charge in [-0.2, -0.15) is 9.97 Å². The Hall–Kier alpha value is -3.07. The van der Waals surface area contributed by atoms with Crippen LogP contribution < -0.4 is 20.1 Å². The lowest BCUT2D eigenvalue weighted by Gasteiger charge is -2.30. The maximum atomic E-state index is 5.45. The van der Waals surface area contributed by atoms with Crippen molar-refractivity contribution in [2.75, 3.05) is 30.5 Å². The lowest BCUT2D eigenvalue weighted by atomic mass is 10.2. The van der Waals surface area contributed by atoms with Gasteiger partial charge in [-0.25, -0.2) is 4.98 Å². The van der Waals surface area contributed by atoms with Crippen LogP contribution in [0.4, 0.5) is 11.8 Å². The summed E-state index contributed by atoms with van der Waals surface area (Å²) in [7, 11) is 0. The molecule has 0 bridgehead atoms. The molecule has 2 aromatic heterocycles. The number of aromatic nitrogens is 4. The number of fused-ring (bicyclic) bond motifs is 2. The molecule has 1 aromatic carbocycles. The molecule has 0 amide bonds. The van der Waals surface area contributed by atoms with Crippen molar-refractivity contribution in [3.05, 3.63) is 30.1 Å². The first kappa shape index (κ1) is 20.2. The molecular formula is C21H29N7O2. The van der Waals surface area contributed by atoms with E-state index in [1.165, 1.54) is 0 Å². The van der Waals surface area contributed by atoms with Crippen molar-refractivity contribution in [3.8, 4) is 11.5 Å². The highest BCUT2D eigenvalue weighted by atomic mass is 16.7. The smallest absolute Gasteiger partial charge is 0.231 e. The van der Waals surface area contributed by atoms with Crippen molar-refractivity contribution in [1.29, 1.82) is 0 Å². The number of nitrogens with one attached hydrogen (secondary N) is 3. The number of H-pyrrole nitrogens is 1. The van der Waals surface area contributed by atoms with Gasteiger partial charge < -0.3 is 25.1 Å². The Labute approximate surface area is 176 Å². The third kappa shape index (κ3) is 4.40. The lowest BCUT2D eigenvalue weighted by molar-refractivity contribution is 0.174. The molecule has 0 fully saturated rings. The van der Waals surface area contributed by atoms with Crippen LogP contribution in [-0.2, 0) is 6.54 Å². The third-order valence-electron chi connectivity index (χ3n) is 5.16. The normalized spacial score (nSPS) is 13.0. The van der Waals surface area contributed by atoms with Gasteiger partial charge in [-0.15, -0.1) is 0 Å². The van der Waals surface area contributed by atoms with E-state index in [1.807, 2.05) is 18.2 Å². The first-order valence-electron chi connectivity index (χ1n) is 10.3. The van der Waals surface area contributed by atoms with Gasteiger partial charge in [-0.1, -0.05) is 6.07 Å². The summed E-state index contributed by atoms with van der Waals surface area (Å²) in [6.45, 7) is 11.4. The maximum Gasteiger partial charge on any atom is 0.231 e. The minimum Gasteiger partial charge on any atom is -0.454 e. The molecule has 0 atom stereocenters. The molecule has 160 valence electrons. The largest absolute Gasteiger partial charge is 0.454 e. The Bertz CT molecular complexity index is 994. The standard InChI is InChI=1S/C21H29N7O2/c1-13(2)28(14(3)4)8-7-22-19-18-20(25-11-24-18)27-21(26-19)23-10-15-5-6-16-17(9-15)30-12-29-16/h5-6,9,11,13-14H,7-8,10,12H2,1-4H3,(H3,22,23,24,25,26,27). The molecule has 0 radical (unpaired) electrons. The zero-order valence-corrected chi connectivity index (χ0v) is 17.9. The number of hydrogen-bond donors (Lipinski definition) is 3. The number of aromatic amines is 1. The molecule has 0 unspecified atom stereocenters. The monoisotopic (exact) mass is 411 g/mol. The molecule has 0 spiro atoms. The van der Waals surface area contributed by atoms with Gasteiger partial charge in [0.2, 0.25) is 12.7 Å². The molecule has 1 aliphatic rings. The summed E-state index contributed by atoms with van der Waals surface area (Å²) in [5.41, 5.74) is 2.50. The molecule has 1 aliphatic heterocycles. The predicted octanol–water partition coefficient (Wildman–Crippen LogP) is 3.22. The highest BCUT2D eigenvalue weighted by molar-refractivity contribution is 5.83. The molecule has 0 saturated carbocycles. The fourth-order valence-electron chi connectivity index (χ4n) is 3.69. The molecule has 0 aliphatic carbocycles. The van der Waals surface area contributed by atoms with Crippen molar-refractivity contribution in [1.82, 2.24) is 24.8 Å². The van der Waals surface area contributed by atoms with Crippen molar-refractivity contribution in [2.45, 2.75) is 46.3 Å². The predicted molar refractivity (Wildman–Crippen MR) is 117 cm³/mol. The van der Waals surface area contributed by atoms with E-state index >= 15 is 0 Å². The van der Waals surface area contributed by atoms with E-state index < -0.39 is 0 Å². The number of nitrogens with zero attached hydrogens (tertiary/aromatic N) is 4. The number of anilines is 2. The quantitative estimate of drug-likeness (QED) is 0.493. The minimum atomic E-state index is 0.269. The topological polar surface area (TPSA) is 100 Å². The Kier molecular flexibility index (Phi) is 5.89. The Morgan fingerprint density at radius 3 is 2.67 bits per heavy atom. The molecular weight excluding hydrogens is 382 g/mol. The molecule has 3 heterocycles. The van der Waals surface area contributed by atoms with Crippen LogP contribution in [-0.4, -0.2) is 56.8 Å². The highest BCUT2D eigenvalue weighted by Crippen LogP contribution is 2.32. The average Bonchev–Trinajstić information content (AvgIpc) is 3.37. The Morgan fingerprint density at radius 1 is 1.07 bits per heavy atom. The van der Waals surface area contributed by atoms with E-state index in [9.17, 15) is 0 Å². The SMILES string of the molecule is CC(C)N(CCNc1nc(NCc2ccc3c(c2)OCO3)nc2nc[nH]c12)C(C)C. The lowest BCUT2D eigenvalue weighted by Crippen LogP contribution is -2.40. The first-order valence-corrected chi connectivity index (χ1v) is 10.3. The number of rotatable bonds is 9. The molecule has 3 N–H and O–H groups in total. The molecule has 30 heavy (non-hydrogen) atoms. The summed E-state index contributed by atoms with van der Waals surface area (Å²) >= 11 is 0. The van der Waals surface area contributed by atoms with Crippen LogP contribution in [0.25, 0.3) is 11.2 Å². The van der Waals surface area contributed by atoms with Crippen molar-refractivity contribution in [3.63, 3.8) is 0 Å². The van der Waals surface area contributed by atoms with E-state index in [0.29, 0.717) is 30.2 Å². The van der Waals surface area contributed by atoms with Crippen LogP contribution in [0, 0.1) is 0 Å². The van der Waals surface area contributed by atoms with Gasteiger partial charge in [0, 0.05) is 31.7 Å². The molecule has 9 nitrogen and oxygen atoms in total. The van der Waals surface area contributed by atoms with Gasteiger partial charge in [0.15, 0.2) is 23.0 Å². The minimum absolute atomic E-state index is 0.269. The number of benzene rings is 1. The molecule has 3 aromatic rings. The number of ether oxygens (including phenoxy) is 2. The van der Waals surface area contributed by atoms with Crippen molar-refractivity contribution < 1.29 is 9.47 Å². The third-order valence-corrected chi connectivity index (χ3v) is 5.16. The maximum absolute atomic E-state index is 5.45. The summed E-state index contributed by atoms with van der Waals surface area (Å²) in [6, 6.07) is 6.86. The van der Waals surface area contributed by atoms with E-state index in [4.69, 9.17) is 9.47 Å². The van der Waals surface area contributed by atoms with Crippen LogP contribution in [0.1, 0.15) is 33.3 Å². The van der Waals surface area contributed by atoms with Crippen LogP contribution in [0.5, 0.6) is 11.5 Å². The highest BCUT2D eigenvalue weighted by Gasteiger charge is 2.15.